The molecule has 1 nitrogen and oxygen atoms in total. The Morgan fingerprint density at radius 3 is 2.25 bits per heavy atom. The lowest BCUT2D eigenvalue weighted by molar-refractivity contribution is 0.0144. The van der Waals surface area contributed by atoms with Gasteiger partial charge in [-0.1, -0.05) is 6.08 Å². The second kappa shape index (κ2) is 2.77. The largest absolute Gasteiger partial charge is 0.325 e. The summed E-state index contributed by atoms with van der Waals surface area (Å²) < 4.78 is 23.9. The monoisotopic (exact) mass is 121 g/mol. The predicted octanol–water partition coefficient (Wildman–Crippen LogP) is 1.16. The summed E-state index contributed by atoms with van der Waals surface area (Å²) in [5.74, 6) is -2.75. The number of alkyl halides is 2. The van der Waals surface area contributed by atoms with E-state index in [0.717, 1.165) is 6.08 Å². The van der Waals surface area contributed by atoms with Crippen LogP contribution >= 0.6 is 0 Å². The van der Waals surface area contributed by atoms with Crippen LogP contribution in [0, 0.1) is 0 Å². The van der Waals surface area contributed by atoms with E-state index < -0.39 is 12.5 Å². The molecule has 0 aliphatic rings. The molecule has 0 aliphatic heterocycles. The second-order valence-corrected chi connectivity index (χ2v) is 1.55. The van der Waals surface area contributed by atoms with Gasteiger partial charge in [0.1, 0.15) is 0 Å². The molecule has 0 heterocycles. The van der Waals surface area contributed by atoms with Crippen LogP contribution in [0.5, 0.6) is 0 Å². The fraction of sp³-hybridized carbons (Fsp3) is 0.600. The van der Waals surface area contributed by atoms with Crippen LogP contribution in [0.4, 0.5) is 8.78 Å². The van der Waals surface area contributed by atoms with Gasteiger partial charge in [-0.3, -0.25) is 0 Å². The SMILES string of the molecule is C=CCC(F)(F)CN. The van der Waals surface area contributed by atoms with Gasteiger partial charge >= 0.3 is 0 Å². The van der Waals surface area contributed by atoms with Crippen molar-refractivity contribution < 1.29 is 8.78 Å². The molecular formula is C5H9F2N. The van der Waals surface area contributed by atoms with Gasteiger partial charge in [-0.2, -0.15) is 0 Å². The Bertz CT molecular complexity index is 80.5. The van der Waals surface area contributed by atoms with Crippen molar-refractivity contribution in [2.45, 2.75) is 12.3 Å². The van der Waals surface area contributed by atoms with E-state index in [-0.39, 0.29) is 6.42 Å². The molecule has 0 amide bonds. The highest BCUT2D eigenvalue weighted by atomic mass is 19.3. The molecule has 0 rings (SSSR count). The summed E-state index contributed by atoms with van der Waals surface area (Å²) in [6.07, 6.45) is 0.830. The molecule has 0 fully saturated rings. The van der Waals surface area contributed by atoms with Gasteiger partial charge in [-0.15, -0.1) is 6.58 Å². The molecule has 3 heteroatoms. The van der Waals surface area contributed by atoms with Crippen molar-refractivity contribution in [3.8, 4) is 0 Å². The van der Waals surface area contributed by atoms with Crippen LogP contribution in [-0.2, 0) is 0 Å². The first-order chi connectivity index (χ1) is 3.62. The molecule has 0 aliphatic carbocycles. The number of allylic oxidation sites excluding steroid dienone is 1. The first-order valence-corrected chi connectivity index (χ1v) is 2.31. The van der Waals surface area contributed by atoms with Gasteiger partial charge < -0.3 is 5.73 Å². The van der Waals surface area contributed by atoms with Gasteiger partial charge in [0.25, 0.3) is 5.92 Å². The Hall–Kier alpha value is -0.440. The fourth-order valence-corrected chi connectivity index (χ4v) is 0.295. The van der Waals surface area contributed by atoms with E-state index in [1.54, 1.807) is 0 Å². The number of rotatable bonds is 3. The Labute approximate surface area is 47.2 Å². The molecule has 0 aromatic rings. The molecule has 0 aromatic carbocycles. The highest BCUT2D eigenvalue weighted by molar-refractivity contribution is 4.78. The van der Waals surface area contributed by atoms with E-state index >= 15 is 0 Å². The maximum Gasteiger partial charge on any atom is 0.263 e. The van der Waals surface area contributed by atoms with Crippen LogP contribution in [-0.4, -0.2) is 12.5 Å². The maximum atomic E-state index is 12.0. The Morgan fingerprint density at radius 2 is 2.12 bits per heavy atom. The van der Waals surface area contributed by atoms with Crippen LogP contribution in [0.2, 0.25) is 0 Å². The molecule has 8 heavy (non-hydrogen) atoms. The van der Waals surface area contributed by atoms with Gasteiger partial charge in [-0.05, 0) is 0 Å². The number of hydrogen-bond acceptors (Lipinski definition) is 1. The zero-order valence-electron chi connectivity index (χ0n) is 4.53. The van der Waals surface area contributed by atoms with Crippen LogP contribution in [0.15, 0.2) is 12.7 Å². The van der Waals surface area contributed by atoms with Crippen molar-refractivity contribution in [1.29, 1.82) is 0 Å². The minimum absolute atomic E-state index is 0.330. The summed E-state index contributed by atoms with van der Waals surface area (Å²) in [7, 11) is 0. The van der Waals surface area contributed by atoms with Gasteiger partial charge in [0.15, 0.2) is 0 Å². The van der Waals surface area contributed by atoms with Crippen LogP contribution < -0.4 is 5.73 Å². The lowest BCUT2D eigenvalue weighted by Crippen LogP contribution is -2.26. The number of halogens is 2. The van der Waals surface area contributed by atoms with Crippen molar-refractivity contribution in [2.24, 2.45) is 5.73 Å². The zero-order chi connectivity index (χ0) is 6.62. The second-order valence-electron chi connectivity index (χ2n) is 1.55. The number of nitrogens with two attached hydrogens (primary N) is 1. The average Bonchev–Trinajstić information content (AvgIpc) is 1.67. The minimum atomic E-state index is -2.75. The summed E-state index contributed by atoms with van der Waals surface area (Å²) in [5.41, 5.74) is 4.69. The van der Waals surface area contributed by atoms with E-state index in [2.05, 4.69) is 6.58 Å². The molecule has 0 bridgehead atoms. The molecule has 2 N–H and O–H groups in total. The standard InChI is InChI=1S/C5H9F2N/c1-2-3-5(6,7)4-8/h2H,1,3-4,8H2. The van der Waals surface area contributed by atoms with E-state index in [1.807, 2.05) is 0 Å². The Kier molecular flexibility index (Phi) is 2.62. The fourth-order valence-electron chi connectivity index (χ4n) is 0.295. The lowest BCUT2D eigenvalue weighted by Gasteiger charge is -2.08. The van der Waals surface area contributed by atoms with Crippen molar-refractivity contribution >= 4 is 0 Å². The lowest BCUT2D eigenvalue weighted by atomic mass is 10.2. The first-order valence-electron chi connectivity index (χ1n) is 2.31. The highest BCUT2D eigenvalue weighted by Crippen LogP contribution is 2.15. The molecule has 0 saturated heterocycles. The minimum Gasteiger partial charge on any atom is -0.325 e. The molecule has 0 unspecified atom stereocenters. The molecular weight excluding hydrogens is 112 g/mol. The summed E-state index contributed by atoms with van der Waals surface area (Å²) in [4.78, 5) is 0. The maximum absolute atomic E-state index is 12.0. The summed E-state index contributed by atoms with van der Waals surface area (Å²) in [6, 6.07) is 0. The normalized spacial score (nSPS) is 11.4. The summed E-state index contributed by atoms with van der Waals surface area (Å²) in [6.45, 7) is 2.56. The molecule has 0 spiro atoms. The molecule has 48 valence electrons. The Morgan fingerprint density at radius 1 is 1.62 bits per heavy atom. The first kappa shape index (κ1) is 7.56. The third-order valence-corrected chi connectivity index (χ3v) is 0.742. The average molecular weight is 121 g/mol. The topological polar surface area (TPSA) is 26.0 Å². The third-order valence-electron chi connectivity index (χ3n) is 0.742. The summed E-state index contributed by atoms with van der Waals surface area (Å²) in [5, 5.41) is 0. The van der Waals surface area contributed by atoms with E-state index in [9.17, 15) is 8.78 Å². The van der Waals surface area contributed by atoms with Crippen LogP contribution in [0.3, 0.4) is 0 Å². The third kappa shape index (κ3) is 2.69. The van der Waals surface area contributed by atoms with Crippen LogP contribution in [0.25, 0.3) is 0 Å². The van der Waals surface area contributed by atoms with Gasteiger partial charge in [0, 0.05) is 6.42 Å². The van der Waals surface area contributed by atoms with Crippen molar-refractivity contribution in [2.75, 3.05) is 6.54 Å². The molecule has 0 aromatic heterocycles. The van der Waals surface area contributed by atoms with Crippen molar-refractivity contribution in [3.63, 3.8) is 0 Å². The zero-order valence-corrected chi connectivity index (χ0v) is 4.53. The molecule has 0 atom stereocenters. The van der Waals surface area contributed by atoms with Gasteiger partial charge in [0.2, 0.25) is 0 Å². The quantitative estimate of drug-likeness (QED) is 0.557. The van der Waals surface area contributed by atoms with Gasteiger partial charge in [0.05, 0.1) is 6.54 Å². The van der Waals surface area contributed by atoms with Crippen molar-refractivity contribution in [3.05, 3.63) is 12.7 Å². The number of hydrogen-bond donors (Lipinski definition) is 1. The Balaban J connectivity index is 3.53. The van der Waals surface area contributed by atoms with E-state index in [4.69, 9.17) is 5.73 Å². The highest BCUT2D eigenvalue weighted by Gasteiger charge is 2.23. The van der Waals surface area contributed by atoms with E-state index in [0.29, 0.717) is 0 Å². The summed E-state index contributed by atoms with van der Waals surface area (Å²) >= 11 is 0. The van der Waals surface area contributed by atoms with Gasteiger partial charge in [-0.25, -0.2) is 8.78 Å². The predicted molar refractivity (Wildman–Crippen MR) is 28.8 cm³/mol. The molecule has 0 radical (unpaired) electrons. The van der Waals surface area contributed by atoms with Crippen molar-refractivity contribution in [1.82, 2.24) is 0 Å². The van der Waals surface area contributed by atoms with Crippen LogP contribution in [0.1, 0.15) is 6.42 Å². The van der Waals surface area contributed by atoms with E-state index in [1.165, 1.54) is 0 Å². The smallest absolute Gasteiger partial charge is 0.263 e. The molecule has 0 saturated carbocycles.